The van der Waals surface area contributed by atoms with Gasteiger partial charge in [0.05, 0.1) is 24.6 Å². The highest BCUT2D eigenvalue weighted by molar-refractivity contribution is 7.80. The van der Waals surface area contributed by atoms with Crippen LogP contribution in [0.25, 0.3) is 0 Å². The molecule has 18 nitrogen and oxygen atoms in total. The lowest BCUT2D eigenvalue weighted by atomic mass is 9.77. The number of phenols is 2. The van der Waals surface area contributed by atoms with Gasteiger partial charge in [0.25, 0.3) is 0 Å². The Morgan fingerprint density at radius 1 is 0.692 bits per heavy atom. The van der Waals surface area contributed by atoms with Crippen molar-refractivity contribution in [2.45, 2.75) is 127 Å². The zero-order valence-electron chi connectivity index (χ0n) is 37.1. The van der Waals surface area contributed by atoms with Gasteiger partial charge >= 0.3 is 7.12 Å². The number of aromatic hydroxyl groups is 2. The van der Waals surface area contributed by atoms with E-state index in [1.165, 1.54) is 39.0 Å². The van der Waals surface area contributed by atoms with Crippen LogP contribution < -0.4 is 21.7 Å². The predicted molar refractivity (Wildman–Crippen MR) is 245 cm³/mol. The molecule has 1 unspecified atom stereocenters. The van der Waals surface area contributed by atoms with Gasteiger partial charge in [0.15, 0.2) is 0 Å². The molecule has 6 amide bonds. The van der Waals surface area contributed by atoms with Crippen LogP contribution in [0, 0.1) is 5.92 Å². The molecule has 352 valence electrons. The number of hydrogen-bond donors (Lipinski definition) is 8. The number of thiocarbonyl (C=S) groups is 1. The first-order chi connectivity index (χ1) is 31.1. The van der Waals surface area contributed by atoms with E-state index in [0.29, 0.717) is 81.6 Å². The predicted octanol–water partition coefficient (Wildman–Crippen LogP) is 0.119. The third-order valence-electron chi connectivity index (χ3n) is 13.4. The Morgan fingerprint density at radius 3 is 1.74 bits per heavy atom. The van der Waals surface area contributed by atoms with Crippen molar-refractivity contribution in [2.24, 2.45) is 11.7 Å². The standard InChI is InChI=1S/C45H63BN8O10S/c1-3-27(2)39(45(65)54-23-7-11-37(54)46(63)64)50-42(60)35-9-4-20-51(35)38(57)26-48-40(58)34-8-5-22-53(34)44(62)33(25-29-14-18-31(56)19-15-29)49-41(59)36-10-6-21-52(36)43(61)32(47)24-28-12-16-30(55)17-13-28/h12-19,27,32-37,39,55-56,63-64H,3-11,20-26,47H2,1-2H3,(H,48,58)(H,49,59)(H,50,60)/t27?,32-,33-,34-,35-,36-,37-,39-/m0/s1. The molecule has 2 aromatic carbocycles. The average Bonchev–Trinajstić information content (AvgIpc) is 4.15. The first-order valence-electron chi connectivity index (χ1n) is 22.8. The van der Waals surface area contributed by atoms with E-state index in [2.05, 4.69) is 16.0 Å². The molecule has 0 radical (unpaired) electrons. The second kappa shape index (κ2) is 22.3. The van der Waals surface area contributed by atoms with E-state index >= 15 is 0 Å². The van der Waals surface area contributed by atoms with Gasteiger partial charge < -0.3 is 61.5 Å². The second-order valence-corrected chi connectivity index (χ2v) is 18.2. The van der Waals surface area contributed by atoms with Crippen LogP contribution in [0.15, 0.2) is 48.5 Å². The van der Waals surface area contributed by atoms with Crippen LogP contribution >= 0.6 is 12.2 Å². The summed E-state index contributed by atoms with van der Waals surface area (Å²) in [5, 5.41) is 48.1. The molecule has 8 atom stereocenters. The summed E-state index contributed by atoms with van der Waals surface area (Å²) in [6.45, 7) is 4.88. The average molecular weight is 919 g/mol. The van der Waals surface area contributed by atoms with Crippen LogP contribution in [-0.4, -0.2) is 162 Å². The van der Waals surface area contributed by atoms with Crippen molar-refractivity contribution in [3.8, 4) is 11.5 Å². The maximum absolute atomic E-state index is 14.4. The maximum atomic E-state index is 14.4. The molecule has 20 heteroatoms. The number of rotatable bonds is 17. The minimum absolute atomic E-state index is 0.0199. The molecule has 4 fully saturated rings. The normalized spacial score (nSPS) is 22.5. The van der Waals surface area contributed by atoms with Crippen LogP contribution in [0.1, 0.15) is 82.8 Å². The largest absolute Gasteiger partial charge is 0.508 e. The summed E-state index contributed by atoms with van der Waals surface area (Å²) >= 11 is 5.82. The molecule has 4 aliphatic rings. The summed E-state index contributed by atoms with van der Waals surface area (Å²) in [4.78, 5) is 89.9. The number of carbonyl (C=O) groups is 6. The van der Waals surface area contributed by atoms with Gasteiger partial charge in [-0.25, -0.2) is 0 Å². The van der Waals surface area contributed by atoms with Gasteiger partial charge in [0.2, 0.25) is 35.4 Å². The van der Waals surface area contributed by atoms with E-state index in [-0.39, 0.29) is 42.7 Å². The SMILES string of the molecule is CCC(C)[C@H](NC(=O)[C@@H]1CCCN1C(=O)CNC(=O)[C@@H]1CCCN1C(=O)[C@H](Cc1ccc(O)cc1)NC(=O)[C@@H]1CCCN1C(=O)[C@@H](N)Cc1ccc(O)cc1)C(=S)N1CCC[C@H]1B(O)O. The number of hydrogen-bond acceptors (Lipinski definition) is 12. The fraction of sp³-hybridized carbons (Fsp3) is 0.578. The summed E-state index contributed by atoms with van der Waals surface area (Å²) < 4.78 is 0. The Balaban J connectivity index is 1.09. The number of nitrogens with two attached hydrogens (primary N) is 1. The van der Waals surface area contributed by atoms with Crippen molar-refractivity contribution in [3.05, 3.63) is 59.7 Å². The van der Waals surface area contributed by atoms with Gasteiger partial charge in [-0.3, -0.25) is 28.8 Å². The van der Waals surface area contributed by atoms with E-state index < -0.39 is 85.4 Å². The third kappa shape index (κ3) is 11.9. The number of nitrogens with zero attached hydrogens (tertiary/aromatic N) is 4. The Hall–Kier alpha value is -5.31. The summed E-state index contributed by atoms with van der Waals surface area (Å²) in [6.07, 6.45) is 4.87. The zero-order chi connectivity index (χ0) is 46.9. The Morgan fingerprint density at radius 2 is 1.17 bits per heavy atom. The maximum Gasteiger partial charge on any atom is 0.475 e. The molecular formula is C45H63BN8O10S. The van der Waals surface area contributed by atoms with Crippen LogP contribution in [-0.2, 0) is 41.6 Å². The van der Waals surface area contributed by atoms with Crippen molar-refractivity contribution in [2.75, 3.05) is 32.7 Å². The number of carbonyl (C=O) groups excluding carboxylic acids is 6. The fourth-order valence-electron chi connectivity index (χ4n) is 9.54. The molecule has 0 spiro atoms. The van der Waals surface area contributed by atoms with Crippen LogP contribution in [0.2, 0.25) is 0 Å². The topological polar surface area (TPSA) is 258 Å². The van der Waals surface area contributed by atoms with Crippen molar-refractivity contribution in [3.63, 3.8) is 0 Å². The molecule has 4 heterocycles. The van der Waals surface area contributed by atoms with Crippen molar-refractivity contribution in [1.82, 2.24) is 35.6 Å². The molecule has 4 aliphatic heterocycles. The molecule has 2 aromatic rings. The summed E-state index contributed by atoms with van der Waals surface area (Å²) in [6, 6.07) is 7.24. The van der Waals surface area contributed by atoms with E-state index in [4.69, 9.17) is 18.0 Å². The highest BCUT2D eigenvalue weighted by Gasteiger charge is 2.43. The van der Waals surface area contributed by atoms with E-state index in [1.807, 2.05) is 13.8 Å². The van der Waals surface area contributed by atoms with Crippen LogP contribution in [0.4, 0.5) is 0 Å². The molecule has 4 saturated heterocycles. The van der Waals surface area contributed by atoms with Crippen molar-refractivity contribution < 1.29 is 49.0 Å². The Kier molecular flexibility index (Phi) is 16.8. The quantitative estimate of drug-likeness (QED) is 0.0776. The van der Waals surface area contributed by atoms with Gasteiger partial charge in [-0.2, -0.15) is 0 Å². The number of benzene rings is 2. The second-order valence-electron chi connectivity index (χ2n) is 17.8. The first kappa shape index (κ1) is 49.1. The highest BCUT2D eigenvalue weighted by atomic mass is 32.1. The van der Waals surface area contributed by atoms with Gasteiger partial charge in [-0.15, -0.1) is 0 Å². The summed E-state index contributed by atoms with van der Waals surface area (Å²) in [7, 11) is -1.58. The smallest absolute Gasteiger partial charge is 0.475 e. The lowest BCUT2D eigenvalue weighted by Gasteiger charge is -2.35. The van der Waals surface area contributed by atoms with Crippen LogP contribution in [0.5, 0.6) is 11.5 Å². The number of amides is 6. The molecule has 0 aliphatic carbocycles. The number of phenolic OH excluding ortho intramolecular Hbond substituents is 2. The molecule has 65 heavy (non-hydrogen) atoms. The van der Waals surface area contributed by atoms with Gasteiger partial charge in [-0.05, 0) is 99.1 Å². The third-order valence-corrected chi connectivity index (χ3v) is 13.9. The highest BCUT2D eigenvalue weighted by Crippen LogP contribution is 2.26. The van der Waals surface area contributed by atoms with Gasteiger partial charge in [-0.1, -0.05) is 56.8 Å². The monoisotopic (exact) mass is 918 g/mol. The van der Waals surface area contributed by atoms with Crippen molar-refractivity contribution >= 4 is 59.8 Å². The van der Waals surface area contributed by atoms with E-state index in [0.717, 1.165) is 12.0 Å². The lowest BCUT2D eigenvalue weighted by Crippen LogP contribution is -2.58. The molecule has 0 bridgehead atoms. The zero-order valence-corrected chi connectivity index (χ0v) is 38.0. The minimum atomic E-state index is -1.58. The van der Waals surface area contributed by atoms with Gasteiger partial charge in [0, 0.05) is 32.6 Å². The van der Waals surface area contributed by atoms with E-state index in [1.54, 1.807) is 29.2 Å². The lowest BCUT2D eigenvalue weighted by molar-refractivity contribution is -0.144. The molecule has 0 aromatic heterocycles. The minimum Gasteiger partial charge on any atom is -0.508 e. The number of nitrogens with one attached hydrogen (secondary N) is 3. The summed E-state index contributed by atoms with van der Waals surface area (Å²) in [5.74, 6) is -3.42. The fourth-order valence-corrected chi connectivity index (χ4v) is 10.1. The molecule has 6 rings (SSSR count). The Bertz CT molecular complexity index is 2050. The first-order valence-corrected chi connectivity index (χ1v) is 23.3. The summed E-state index contributed by atoms with van der Waals surface area (Å²) in [5.41, 5.74) is 7.70. The molecular weight excluding hydrogens is 855 g/mol. The van der Waals surface area contributed by atoms with E-state index in [9.17, 15) is 49.0 Å². The van der Waals surface area contributed by atoms with Gasteiger partial charge in [0.1, 0.15) is 40.7 Å². The molecule has 9 N–H and O–H groups in total. The van der Waals surface area contributed by atoms with Crippen molar-refractivity contribution in [1.29, 1.82) is 0 Å². The number of likely N-dealkylation sites (tertiary alicyclic amines) is 4. The molecule has 0 saturated carbocycles. The van der Waals surface area contributed by atoms with Crippen LogP contribution in [0.3, 0.4) is 0 Å². The Labute approximate surface area is 385 Å².